The van der Waals surface area contributed by atoms with Crippen molar-refractivity contribution in [2.45, 2.75) is 81.3 Å². The fourth-order valence-electron chi connectivity index (χ4n) is 6.78. The molecule has 37 heavy (non-hydrogen) atoms. The van der Waals surface area contributed by atoms with E-state index in [-0.39, 0.29) is 35.5 Å². The summed E-state index contributed by atoms with van der Waals surface area (Å²) < 4.78 is -0.580. The van der Waals surface area contributed by atoms with Crippen LogP contribution in [0.1, 0.15) is 65.2 Å². The molecular formula is C29H47N3O4S. The summed E-state index contributed by atoms with van der Waals surface area (Å²) in [5, 5.41) is 9.19. The number of hydrogen-bond donors (Lipinski definition) is 1. The molecule has 0 aromatic carbocycles. The van der Waals surface area contributed by atoms with Gasteiger partial charge in [-0.15, -0.1) is 24.9 Å². The minimum absolute atomic E-state index is 0.00795. The van der Waals surface area contributed by atoms with Crippen LogP contribution in [0.15, 0.2) is 25.3 Å². The van der Waals surface area contributed by atoms with E-state index in [1.54, 1.807) is 35.9 Å². The van der Waals surface area contributed by atoms with Crippen molar-refractivity contribution in [3.05, 3.63) is 25.3 Å². The van der Waals surface area contributed by atoms with E-state index >= 15 is 0 Å². The lowest BCUT2D eigenvalue weighted by atomic mass is 9.65. The number of amides is 3. The Labute approximate surface area is 227 Å². The van der Waals surface area contributed by atoms with Gasteiger partial charge in [-0.25, -0.2) is 0 Å². The smallest absolute Gasteiger partial charge is 0.247 e. The monoisotopic (exact) mass is 533 g/mol. The maximum Gasteiger partial charge on any atom is 0.247 e. The van der Waals surface area contributed by atoms with Crippen LogP contribution in [0, 0.1) is 17.8 Å². The highest BCUT2D eigenvalue weighted by Crippen LogP contribution is 2.68. The van der Waals surface area contributed by atoms with Crippen LogP contribution >= 0.6 is 11.8 Å². The summed E-state index contributed by atoms with van der Waals surface area (Å²) in [5.41, 5.74) is 0. The van der Waals surface area contributed by atoms with Crippen LogP contribution in [0.4, 0.5) is 0 Å². The third-order valence-corrected chi connectivity index (χ3v) is 10.6. The molecule has 3 heterocycles. The number of unbranched alkanes of at least 4 members (excludes halogenated alkanes) is 5. The topological polar surface area (TPSA) is 81.2 Å². The molecule has 1 N–H and O–H groups in total. The molecule has 0 aromatic rings. The molecule has 208 valence electrons. The van der Waals surface area contributed by atoms with E-state index in [1.165, 1.54) is 0 Å². The maximum absolute atomic E-state index is 14.3. The summed E-state index contributed by atoms with van der Waals surface area (Å²) in [6, 6.07) is -0.558. The second kappa shape index (κ2) is 13.3. The van der Waals surface area contributed by atoms with Gasteiger partial charge < -0.3 is 19.8 Å². The summed E-state index contributed by atoms with van der Waals surface area (Å²) >= 11 is 1.74. The van der Waals surface area contributed by atoms with Crippen LogP contribution in [0.5, 0.6) is 0 Å². The van der Waals surface area contributed by atoms with Crippen LogP contribution < -0.4 is 0 Å². The first-order valence-corrected chi connectivity index (χ1v) is 15.0. The highest BCUT2D eigenvalue weighted by Gasteiger charge is 2.76. The number of fused-ring (bicyclic) bond motifs is 1. The first-order chi connectivity index (χ1) is 17.8. The van der Waals surface area contributed by atoms with E-state index in [1.807, 2.05) is 9.80 Å². The van der Waals surface area contributed by atoms with Gasteiger partial charge in [-0.1, -0.05) is 51.7 Å². The number of rotatable bonds is 16. The fourth-order valence-corrected chi connectivity index (χ4v) is 9.19. The van der Waals surface area contributed by atoms with E-state index in [0.29, 0.717) is 26.2 Å². The third kappa shape index (κ3) is 5.65. The van der Waals surface area contributed by atoms with Gasteiger partial charge in [0.05, 0.1) is 16.6 Å². The van der Waals surface area contributed by atoms with Gasteiger partial charge in [-0.05, 0) is 31.6 Å². The molecule has 0 aliphatic carbocycles. The summed E-state index contributed by atoms with van der Waals surface area (Å²) in [5.74, 6) is -0.736. The van der Waals surface area contributed by atoms with Crippen molar-refractivity contribution < 1.29 is 19.5 Å². The van der Waals surface area contributed by atoms with Gasteiger partial charge in [0.1, 0.15) is 6.04 Å². The highest BCUT2D eigenvalue weighted by molar-refractivity contribution is 8.02. The molecule has 0 radical (unpaired) electrons. The molecule has 1 spiro atoms. The molecule has 3 amide bonds. The molecule has 6 atom stereocenters. The second-order valence-electron chi connectivity index (χ2n) is 11.0. The fraction of sp³-hybridized carbons (Fsp3) is 0.759. The Morgan fingerprint density at radius 1 is 1.11 bits per heavy atom. The zero-order valence-corrected chi connectivity index (χ0v) is 23.9. The van der Waals surface area contributed by atoms with E-state index < -0.39 is 22.6 Å². The Morgan fingerprint density at radius 3 is 2.46 bits per heavy atom. The lowest BCUT2D eigenvalue weighted by Gasteiger charge is -2.41. The van der Waals surface area contributed by atoms with E-state index in [0.717, 1.165) is 51.4 Å². The molecule has 8 heteroatoms. The van der Waals surface area contributed by atoms with Crippen LogP contribution in [0.3, 0.4) is 0 Å². The lowest BCUT2D eigenvalue weighted by Crippen LogP contribution is -2.57. The zero-order valence-electron chi connectivity index (χ0n) is 23.1. The number of carbonyl (C=O) groups excluding carboxylic acids is 3. The zero-order chi connectivity index (χ0) is 27.2. The van der Waals surface area contributed by atoms with Gasteiger partial charge in [0.25, 0.3) is 0 Å². The van der Waals surface area contributed by atoms with Crippen molar-refractivity contribution in [1.82, 2.24) is 14.7 Å². The SMILES string of the molecule is C=CCN(C)C(=O)[C@@H]1[C@@H]2CC(C)C3(S2)C(C(=O)N(CC=C)CCCCC)N(CCCCCCO)C(=O)[C@H]13. The number of thioether (sulfide) groups is 1. The minimum Gasteiger partial charge on any atom is -0.396 e. The quantitative estimate of drug-likeness (QED) is 0.242. The van der Waals surface area contributed by atoms with Crippen LogP contribution in [-0.4, -0.2) is 93.4 Å². The molecule has 0 saturated carbocycles. The number of likely N-dealkylation sites (tertiary alicyclic amines) is 1. The van der Waals surface area contributed by atoms with Gasteiger partial charge in [0.15, 0.2) is 0 Å². The average molecular weight is 534 g/mol. The molecule has 2 bridgehead atoms. The molecule has 3 rings (SSSR count). The van der Waals surface area contributed by atoms with Crippen molar-refractivity contribution in [3.63, 3.8) is 0 Å². The standard InChI is InChI=1S/C29H47N3O4S/c1-6-9-12-17-31(16-8-3)28(36)25-29-21(4)20-22(37-29)23(26(34)30(5)15-7-2)24(29)27(35)32(25)18-13-10-11-14-19-33/h7-8,21-25,33H,2-3,6,9-20H2,1,4-5H3/t21?,22-,23+,24-,25?,29?/m0/s1. The van der Waals surface area contributed by atoms with Crippen LogP contribution in [-0.2, 0) is 14.4 Å². The summed E-state index contributed by atoms with van der Waals surface area (Å²) in [6.45, 7) is 14.2. The van der Waals surface area contributed by atoms with Crippen molar-refractivity contribution in [3.8, 4) is 0 Å². The van der Waals surface area contributed by atoms with Gasteiger partial charge >= 0.3 is 0 Å². The van der Waals surface area contributed by atoms with Gasteiger partial charge in [0.2, 0.25) is 17.7 Å². The first-order valence-electron chi connectivity index (χ1n) is 14.1. The molecule has 3 aliphatic heterocycles. The number of carbonyl (C=O) groups is 3. The Hall–Kier alpha value is -1.80. The van der Waals surface area contributed by atoms with Gasteiger partial charge in [-0.2, -0.15) is 0 Å². The van der Waals surface area contributed by atoms with Crippen LogP contribution in [0.2, 0.25) is 0 Å². The predicted octanol–water partition coefficient (Wildman–Crippen LogP) is 3.73. The lowest BCUT2D eigenvalue weighted by molar-refractivity contribution is -0.144. The number of aliphatic hydroxyl groups is 1. The summed E-state index contributed by atoms with van der Waals surface area (Å²) in [7, 11) is 1.78. The molecule has 3 saturated heterocycles. The summed E-state index contributed by atoms with van der Waals surface area (Å²) in [4.78, 5) is 47.5. The number of hydrogen-bond acceptors (Lipinski definition) is 5. The van der Waals surface area contributed by atoms with E-state index in [2.05, 4.69) is 27.0 Å². The highest BCUT2D eigenvalue weighted by atomic mass is 32.2. The van der Waals surface area contributed by atoms with Crippen molar-refractivity contribution in [2.75, 3.05) is 39.8 Å². The third-order valence-electron chi connectivity index (χ3n) is 8.54. The Morgan fingerprint density at radius 2 is 1.81 bits per heavy atom. The molecule has 3 fully saturated rings. The van der Waals surface area contributed by atoms with E-state index in [4.69, 9.17) is 5.11 Å². The van der Waals surface area contributed by atoms with Crippen molar-refractivity contribution >= 4 is 29.5 Å². The first kappa shape index (κ1) is 29.8. The number of aliphatic hydroxyl groups excluding tert-OH is 1. The van der Waals surface area contributed by atoms with Crippen LogP contribution in [0.25, 0.3) is 0 Å². The minimum atomic E-state index is -0.580. The normalized spacial score (nSPS) is 29.9. The molecule has 3 aliphatic rings. The molecule has 0 aromatic heterocycles. The Balaban J connectivity index is 1.97. The molecule has 7 nitrogen and oxygen atoms in total. The van der Waals surface area contributed by atoms with Gasteiger partial charge in [0, 0.05) is 45.1 Å². The van der Waals surface area contributed by atoms with E-state index in [9.17, 15) is 14.4 Å². The predicted molar refractivity (Wildman–Crippen MR) is 150 cm³/mol. The number of nitrogens with zero attached hydrogens (tertiary/aromatic N) is 3. The van der Waals surface area contributed by atoms with Crippen molar-refractivity contribution in [1.29, 1.82) is 0 Å². The van der Waals surface area contributed by atoms with Crippen molar-refractivity contribution in [2.24, 2.45) is 17.8 Å². The molecule has 3 unspecified atom stereocenters. The molecular weight excluding hydrogens is 486 g/mol. The largest absolute Gasteiger partial charge is 0.396 e. The Kier molecular flexibility index (Phi) is 10.7. The maximum atomic E-state index is 14.3. The number of likely N-dealkylation sites (N-methyl/N-ethyl adjacent to an activating group) is 1. The van der Waals surface area contributed by atoms with Gasteiger partial charge in [-0.3, -0.25) is 14.4 Å². The average Bonchev–Trinajstić information content (AvgIpc) is 3.46. The summed E-state index contributed by atoms with van der Waals surface area (Å²) in [6.07, 6.45) is 10.7. The Bertz CT molecular complexity index is 851. The second-order valence-corrected chi connectivity index (χ2v) is 12.6.